The van der Waals surface area contributed by atoms with E-state index in [1.807, 2.05) is 12.1 Å². The molecule has 2 aromatic rings. The minimum atomic E-state index is -2.08. The van der Waals surface area contributed by atoms with E-state index in [0.717, 1.165) is 54.6 Å². The highest BCUT2D eigenvalue weighted by Gasteiger charge is 2.45. The molecule has 4 nitrogen and oxygen atoms in total. The van der Waals surface area contributed by atoms with Gasteiger partial charge in [-0.25, -0.2) is 0 Å². The molecule has 0 aliphatic heterocycles. The van der Waals surface area contributed by atoms with Crippen LogP contribution in [0.3, 0.4) is 0 Å². The monoisotopic (exact) mass is 530 g/mol. The first kappa shape index (κ1) is 28.7. The van der Waals surface area contributed by atoms with Crippen LogP contribution in [0, 0.1) is 16.7 Å². The molecule has 0 fully saturated rings. The molecular formula is C33H46N2O2Si. The molecule has 0 spiro atoms. The van der Waals surface area contributed by atoms with Gasteiger partial charge in [0.15, 0.2) is 8.32 Å². The Morgan fingerprint density at radius 1 is 1.16 bits per heavy atom. The second-order valence-corrected chi connectivity index (χ2v) is 18.7. The highest BCUT2D eigenvalue weighted by molar-refractivity contribution is 6.74. The molecule has 0 saturated heterocycles. The first-order chi connectivity index (χ1) is 17.6. The van der Waals surface area contributed by atoms with E-state index in [-0.39, 0.29) is 22.5 Å². The van der Waals surface area contributed by atoms with Gasteiger partial charge in [0.05, 0.1) is 17.7 Å². The smallest absolute Gasteiger partial charge is 0.192 e. The Morgan fingerprint density at radius 3 is 2.34 bits per heavy atom. The lowest BCUT2D eigenvalue weighted by atomic mass is 9.71. The van der Waals surface area contributed by atoms with Gasteiger partial charge in [-0.1, -0.05) is 66.7 Å². The normalized spacial score (nSPS) is 20.2. The number of nitrogens with zero attached hydrogens (tertiary/aromatic N) is 2. The first-order valence-electron chi connectivity index (χ1n) is 14.3. The van der Waals surface area contributed by atoms with Gasteiger partial charge >= 0.3 is 0 Å². The number of hydrogen-bond donors (Lipinski definition) is 1. The molecule has 1 unspecified atom stereocenters. The van der Waals surface area contributed by atoms with Crippen molar-refractivity contribution in [1.29, 1.82) is 5.26 Å². The van der Waals surface area contributed by atoms with E-state index in [1.165, 1.54) is 16.7 Å². The molecule has 1 aromatic carbocycles. The number of benzene rings is 1. The van der Waals surface area contributed by atoms with Crippen LogP contribution >= 0.6 is 0 Å². The predicted octanol–water partition coefficient (Wildman–Crippen LogP) is 8.76. The fourth-order valence-corrected chi connectivity index (χ4v) is 7.06. The zero-order valence-corrected chi connectivity index (χ0v) is 25.9. The van der Waals surface area contributed by atoms with Crippen LogP contribution in [0.25, 0.3) is 5.57 Å². The van der Waals surface area contributed by atoms with Crippen molar-refractivity contribution in [1.82, 2.24) is 4.98 Å². The average Bonchev–Trinajstić information content (AvgIpc) is 3.35. The molecule has 204 valence electrons. The maximum atomic E-state index is 12.0. The van der Waals surface area contributed by atoms with E-state index in [0.29, 0.717) is 5.56 Å². The summed E-state index contributed by atoms with van der Waals surface area (Å²) >= 11 is 0. The molecule has 2 aliphatic rings. The minimum absolute atomic E-state index is 0.0493. The number of nitriles is 1. The van der Waals surface area contributed by atoms with Crippen LogP contribution < -0.4 is 0 Å². The molecule has 4 rings (SSSR count). The maximum absolute atomic E-state index is 12.0. The van der Waals surface area contributed by atoms with Gasteiger partial charge in [-0.05, 0) is 90.4 Å². The Kier molecular flexibility index (Phi) is 7.84. The Labute approximate surface area is 231 Å². The van der Waals surface area contributed by atoms with Crippen LogP contribution in [-0.4, -0.2) is 18.4 Å². The van der Waals surface area contributed by atoms with Crippen LogP contribution in [0.1, 0.15) is 131 Å². The number of allylic oxidation sites excluding steroid dienone is 2. The Bertz CT molecular complexity index is 1260. The van der Waals surface area contributed by atoms with Gasteiger partial charge in [-0.15, -0.1) is 0 Å². The summed E-state index contributed by atoms with van der Waals surface area (Å²) in [6.07, 6.45) is 6.57. The number of aliphatic hydroxyl groups excluding tert-OH is 1. The van der Waals surface area contributed by atoms with Crippen molar-refractivity contribution in [2.75, 3.05) is 0 Å². The van der Waals surface area contributed by atoms with E-state index in [2.05, 4.69) is 73.7 Å². The average molecular weight is 531 g/mol. The van der Waals surface area contributed by atoms with Gasteiger partial charge in [0.25, 0.3) is 0 Å². The third kappa shape index (κ3) is 5.55. The molecule has 0 amide bonds. The zero-order chi connectivity index (χ0) is 28.0. The van der Waals surface area contributed by atoms with Gasteiger partial charge in [-0.2, -0.15) is 5.26 Å². The number of aliphatic hydroxyl groups is 1. The van der Waals surface area contributed by atoms with Crippen molar-refractivity contribution in [3.63, 3.8) is 0 Å². The summed E-state index contributed by atoms with van der Waals surface area (Å²) in [6, 6.07) is 9.54. The lowest BCUT2D eigenvalue weighted by molar-refractivity contribution is 0.105. The van der Waals surface area contributed by atoms with Crippen molar-refractivity contribution in [2.45, 2.75) is 117 Å². The van der Waals surface area contributed by atoms with Gasteiger partial charge in [-0.3, -0.25) is 4.98 Å². The Hall–Kier alpha value is -2.26. The van der Waals surface area contributed by atoms with Crippen molar-refractivity contribution in [2.24, 2.45) is 5.41 Å². The van der Waals surface area contributed by atoms with Crippen molar-refractivity contribution in [3.05, 3.63) is 69.5 Å². The molecule has 0 bridgehead atoms. The van der Waals surface area contributed by atoms with Gasteiger partial charge in [0, 0.05) is 22.5 Å². The van der Waals surface area contributed by atoms with E-state index in [1.54, 1.807) is 12.1 Å². The number of pyridine rings is 1. The molecular weight excluding hydrogens is 484 g/mol. The summed E-state index contributed by atoms with van der Waals surface area (Å²) in [7, 11) is -2.08. The van der Waals surface area contributed by atoms with Crippen LogP contribution in [-0.2, 0) is 10.8 Å². The SMILES string of the molecule is CC(C)c1nc2c(c(C3=CCCC3)c1C(O)c1ccc(C#N)cc1)[C@H](O[Si](C)(C)C(C)(C)C)CC(C)(C)C2. The standard InChI is InChI=1S/C33H46N2O2Si/c1-21(2)30-29(31(36)24-16-14-22(20-34)15-17-24)27(23-12-10-11-13-23)28-25(35-30)18-33(6,7)19-26(28)37-38(8,9)32(3,4)5/h12,14-17,21,26,31,36H,10-11,13,18-19H2,1-9H3/t26-,31?/m1/s1. The fourth-order valence-electron chi connectivity index (χ4n) is 5.79. The molecule has 2 aliphatic carbocycles. The minimum Gasteiger partial charge on any atom is -0.410 e. The number of rotatable bonds is 6. The van der Waals surface area contributed by atoms with Crippen molar-refractivity contribution >= 4 is 13.9 Å². The van der Waals surface area contributed by atoms with Crippen LogP contribution in [0.5, 0.6) is 0 Å². The second kappa shape index (κ2) is 10.4. The van der Waals surface area contributed by atoms with E-state index in [4.69, 9.17) is 9.41 Å². The van der Waals surface area contributed by atoms with Gasteiger partial charge in [0.2, 0.25) is 0 Å². The molecule has 0 radical (unpaired) electrons. The first-order valence-corrected chi connectivity index (χ1v) is 17.2. The molecule has 2 atom stereocenters. The van der Waals surface area contributed by atoms with Gasteiger partial charge < -0.3 is 9.53 Å². The summed E-state index contributed by atoms with van der Waals surface area (Å²) in [5, 5.41) is 21.4. The molecule has 5 heteroatoms. The summed E-state index contributed by atoms with van der Waals surface area (Å²) in [6.45, 7) is 20.6. The number of aromatic nitrogens is 1. The number of hydrogen-bond acceptors (Lipinski definition) is 4. The lowest BCUT2D eigenvalue weighted by Crippen LogP contribution is -2.44. The Balaban J connectivity index is 2.01. The fraction of sp³-hybridized carbons (Fsp3) is 0.576. The van der Waals surface area contributed by atoms with Crippen molar-refractivity contribution < 1.29 is 9.53 Å². The Morgan fingerprint density at radius 2 is 1.82 bits per heavy atom. The van der Waals surface area contributed by atoms with E-state index in [9.17, 15) is 10.4 Å². The summed E-state index contributed by atoms with van der Waals surface area (Å²) < 4.78 is 7.23. The summed E-state index contributed by atoms with van der Waals surface area (Å²) in [5.74, 6) is 0.161. The zero-order valence-electron chi connectivity index (χ0n) is 24.9. The van der Waals surface area contributed by atoms with E-state index >= 15 is 0 Å². The van der Waals surface area contributed by atoms with Crippen molar-refractivity contribution in [3.8, 4) is 6.07 Å². The molecule has 38 heavy (non-hydrogen) atoms. The third-order valence-electron chi connectivity index (χ3n) is 8.87. The topological polar surface area (TPSA) is 66.1 Å². The molecule has 1 N–H and O–H groups in total. The third-order valence-corrected chi connectivity index (χ3v) is 13.4. The highest BCUT2D eigenvalue weighted by Crippen LogP contribution is 2.52. The second-order valence-electron chi connectivity index (χ2n) is 14.0. The van der Waals surface area contributed by atoms with Crippen LogP contribution in [0.15, 0.2) is 30.3 Å². The van der Waals surface area contributed by atoms with Gasteiger partial charge in [0.1, 0.15) is 6.10 Å². The van der Waals surface area contributed by atoms with Crippen LogP contribution in [0.2, 0.25) is 18.1 Å². The lowest BCUT2D eigenvalue weighted by Gasteiger charge is -2.45. The summed E-state index contributed by atoms with van der Waals surface area (Å²) in [5.41, 5.74) is 8.26. The number of fused-ring (bicyclic) bond motifs is 1. The molecule has 1 aromatic heterocycles. The van der Waals surface area contributed by atoms with E-state index < -0.39 is 14.4 Å². The molecule has 1 heterocycles. The largest absolute Gasteiger partial charge is 0.410 e. The quantitative estimate of drug-likeness (QED) is 0.379. The summed E-state index contributed by atoms with van der Waals surface area (Å²) in [4.78, 5) is 5.36. The highest BCUT2D eigenvalue weighted by atomic mass is 28.4. The van der Waals surface area contributed by atoms with Crippen LogP contribution in [0.4, 0.5) is 0 Å². The predicted molar refractivity (Wildman–Crippen MR) is 158 cm³/mol. The maximum Gasteiger partial charge on any atom is 0.192 e. The molecule has 0 saturated carbocycles.